The lowest BCUT2D eigenvalue weighted by atomic mass is 10.3. The van der Waals surface area contributed by atoms with E-state index in [-0.39, 0.29) is 17.2 Å². The third kappa shape index (κ3) is 2.74. The first-order valence-corrected chi connectivity index (χ1v) is 3.70. The van der Waals surface area contributed by atoms with Crippen molar-refractivity contribution in [3.8, 4) is 11.5 Å². The molecule has 1 aromatic carbocycles. The zero-order valence-corrected chi connectivity index (χ0v) is 7.33. The molecule has 1 rings (SSSR count). The number of nitrogens with one attached hydrogen (secondary N) is 1. The molecule has 0 aliphatic carbocycles. The molecule has 0 aromatic heterocycles. The Kier molecular flexibility index (Phi) is 3.47. The molecule has 0 fully saturated rings. The molecule has 0 heterocycles. The molecule has 0 unspecified atom stereocenters. The lowest BCUT2D eigenvalue weighted by Gasteiger charge is -2.08. The van der Waals surface area contributed by atoms with Crippen LogP contribution in [-0.2, 0) is 4.84 Å². The summed E-state index contributed by atoms with van der Waals surface area (Å²) in [5.41, 5.74) is 2.64. The standard InChI is InChI=1S/C8H9F2NO3/c1-13-11-6-3-2-5(4-7(6)12)14-8(9)10/h2-4,8,11-12H,1H3. The minimum Gasteiger partial charge on any atom is -0.506 e. The number of anilines is 1. The van der Waals surface area contributed by atoms with Crippen LogP contribution in [0.4, 0.5) is 14.5 Å². The van der Waals surface area contributed by atoms with Gasteiger partial charge in [-0.15, -0.1) is 0 Å². The van der Waals surface area contributed by atoms with Gasteiger partial charge in [0.15, 0.2) is 0 Å². The molecule has 2 N–H and O–H groups in total. The summed E-state index contributed by atoms with van der Waals surface area (Å²) in [6, 6.07) is 3.71. The van der Waals surface area contributed by atoms with Crippen molar-refractivity contribution >= 4 is 5.69 Å². The third-order valence-electron chi connectivity index (χ3n) is 1.41. The summed E-state index contributed by atoms with van der Waals surface area (Å²) in [4.78, 5) is 4.53. The number of aromatic hydroxyl groups is 1. The Morgan fingerprint density at radius 3 is 2.64 bits per heavy atom. The van der Waals surface area contributed by atoms with Crippen LogP contribution in [0.3, 0.4) is 0 Å². The molecule has 4 nitrogen and oxygen atoms in total. The topological polar surface area (TPSA) is 50.7 Å². The predicted octanol–water partition coefficient (Wildman–Crippen LogP) is 1.97. The van der Waals surface area contributed by atoms with Crippen molar-refractivity contribution in [3.63, 3.8) is 0 Å². The lowest BCUT2D eigenvalue weighted by molar-refractivity contribution is -0.0499. The number of halogens is 2. The molecular weight excluding hydrogens is 196 g/mol. The lowest BCUT2D eigenvalue weighted by Crippen LogP contribution is -2.02. The van der Waals surface area contributed by atoms with Crippen molar-refractivity contribution in [2.45, 2.75) is 6.61 Å². The Hall–Kier alpha value is -1.56. The smallest absolute Gasteiger partial charge is 0.387 e. The van der Waals surface area contributed by atoms with E-state index in [0.717, 1.165) is 6.07 Å². The van der Waals surface area contributed by atoms with Gasteiger partial charge >= 0.3 is 6.61 Å². The first-order chi connectivity index (χ1) is 6.63. The van der Waals surface area contributed by atoms with Gasteiger partial charge in [0.25, 0.3) is 0 Å². The summed E-state index contributed by atoms with van der Waals surface area (Å²) in [6.45, 7) is -2.91. The summed E-state index contributed by atoms with van der Waals surface area (Å²) in [5, 5.41) is 9.27. The molecule has 78 valence electrons. The van der Waals surface area contributed by atoms with Crippen LogP contribution in [0.1, 0.15) is 0 Å². The zero-order chi connectivity index (χ0) is 10.6. The number of phenolic OH excluding ortho intramolecular Hbond substituents is 1. The van der Waals surface area contributed by atoms with E-state index >= 15 is 0 Å². The summed E-state index contributed by atoms with van der Waals surface area (Å²) in [5.74, 6) is -0.343. The average molecular weight is 205 g/mol. The van der Waals surface area contributed by atoms with E-state index in [2.05, 4.69) is 15.1 Å². The monoisotopic (exact) mass is 205 g/mol. The fourth-order valence-electron chi connectivity index (χ4n) is 0.884. The van der Waals surface area contributed by atoms with Crippen molar-refractivity contribution in [1.82, 2.24) is 0 Å². The third-order valence-corrected chi connectivity index (χ3v) is 1.41. The maximum absolute atomic E-state index is 11.8. The molecule has 0 aliphatic rings. The van der Waals surface area contributed by atoms with Gasteiger partial charge in [-0.05, 0) is 12.1 Å². The van der Waals surface area contributed by atoms with Gasteiger partial charge in [-0.2, -0.15) is 8.78 Å². The van der Waals surface area contributed by atoms with Gasteiger partial charge in [-0.3, -0.25) is 10.3 Å². The van der Waals surface area contributed by atoms with Gasteiger partial charge in [0.1, 0.15) is 17.2 Å². The molecule has 14 heavy (non-hydrogen) atoms. The van der Waals surface area contributed by atoms with Crippen LogP contribution in [-0.4, -0.2) is 18.8 Å². The molecular formula is C8H9F2NO3. The highest BCUT2D eigenvalue weighted by Gasteiger charge is 2.07. The second kappa shape index (κ2) is 4.61. The fraction of sp³-hybridized carbons (Fsp3) is 0.250. The molecule has 0 amide bonds. The first-order valence-electron chi connectivity index (χ1n) is 3.70. The Morgan fingerprint density at radius 2 is 2.14 bits per heavy atom. The van der Waals surface area contributed by atoms with Crippen molar-refractivity contribution in [2.24, 2.45) is 0 Å². The number of ether oxygens (including phenoxy) is 1. The number of hydrogen-bond acceptors (Lipinski definition) is 4. The van der Waals surface area contributed by atoms with E-state index in [1.165, 1.54) is 19.2 Å². The van der Waals surface area contributed by atoms with Crippen LogP contribution in [0.5, 0.6) is 11.5 Å². The van der Waals surface area contributed by atoms with Crippen LogP contribution in [0.2, 0.25) is 0 Å². The number of hydrogen-bond donors (Lipinski definition) is 2. The normalized spacial score (nSPS) is 10.3. The van der Waals surface area contributed by atoms with Crippen molar-refractivity contribution in [3.05, 3.63) is 18.2 Å². The highest BCUT2D eigenvalue weighted by Crippen LogP contribution is 2.28. The Balaban J connectivity index is 2.78. The second-order valence-electron chi connectivity index (χ2n) is 2.36. The van der Waals surface area contributed by atoms with Gasteiger partial charge in [-0.1, -0.05) is 0 Å². The van der Waals surface area contributed by atoms with Gasteiger partial charge in [0.05, 0.1) is 7.11 Å². The van der Waals surface area contributed by atoms with Gasteiger partial charge < -0.3 is 9.84 Å². The molecule has 0 saturated carbocycles. The Bertz CT molecular complexity index is 307. The Labute approximate surface area is 79.0 Å². The van der Waals surface area contributed by atoms with Gasteiger partial charge in [-0.25, -0.2) is 0 Å². The minimum absolute atomic E-state index is 0.112. The second-order valence-corrected chi connectivity index (χ2v) is 2.36. The van der Waals surface area contributed by atoms with E-state index < -0.39 is 6.61 Å². The quantitative estimate of drug-likeness (QED) is 0.582. The highest BCUT2D eigenvalue weighted by atomic mass is 19.3. The molecule has 0 radical (unpaired) electrons. The maximum atomic E-state index is 11.8. The highest BCUT2D eigenvalue weighted by molar-refractivity contribution is 5.56. The number of benzene rings is 1. The van der Waals surface area contributed by atoms with Crippen molar-refractivity contribution in [1.29, 1.82) is 0 Å². The molecule has 0 atom stereocenters. The minimum atomic E-state index is -2.91. The molecule has 6 heteroatoms. The van der Waals surface area contributed by atoms with Crippen LogP contribution >= 0.6 is 0 Å². The predicted molar refractivity (Wildman–Crippen MR) is 45.4 cm³/mol. The summed E-state index contributed by atoms with van der Waals surface area (Å²) < 4.78 is 27.6. The van der Waals surface area contributed by atoms with E-state index in [1.54, 1.807) is 0 Å². The maximum Gasteiger partial charge on any atom is 0.387 e. The molecule has 0 aliphatic heterocycles. The largest absolute Gasteiger partial charge is 0.506 e. The van der Waals surface area contributed by atoms with Gasteiger partial charge in [0, 0.05) is 6.07 Å². The Morgan fingerprint density at radius 1 is 1.43 bits per heavy atom. The van der Waals surface area contributed by atoms with E-state index in [0.29, 0.717) is 0 Å². The van der Waals surface area contributed by atoms with Crippen LogP contribution in [0.15, 0.2) is 18.2 Å². The summed E-state index contributed by atoms with van der Waals surface area (Å²) >= 11 is 0. The van der Waals surface area contributed by atoms with E-state index in [1.807, 2.05) is 0 Å². The van der Waals surface area contributed by atoms with Crippen LogP contribution < -0.4 is 10.2 Å². The molecule has 0 spiro atoms. The van der Waals surface area contributed by atoms with E-state index in [4.69, 9.17) is 0 Å². The van der Waals surface area contributed by atoms with Crippen LogP contribution in [0, 0.1) is 0 Å². The number of alkyl halides is 2. The van der Waals surface area contributed by atoms with Crippen molar-refractivity contribution < 1.29 is 23.5 Å². The van der Waals surface area contributed by atoms with Gasteiger partial charge in [0.2, 0.25) is 0 Å². The fourth-order valence-corrected chi connectivity index (χ4v) is 0.884. The zero-order valence-electron chi connectivity index (χ0n) is 7.33. The van der Waals surface area contributed by atoms with E-state index in [9.17, 15) is 13.9 Å². The molecule has 1 aromatic rings. The number of rotatable bonds is 4. The summed E-state index contributed by atoms with van der Waals surface area (Å²) in [7, 11) is 1.36. The SMILES string of the molecule is CONc1ccc(OC(F)F)cc1O. The average Bonchev–Trinajstić information content (AvgIpc) is 2.09. The van der Waals surface area contributed by atoms with Crippen LogP contribution in [0.25, 0.3) is 0 Å². The first kappa shape index (κ1) is 10.5. The summed E-state index contributed by atoms with van der Waals surface area (Å²) in [6.07, 6.45) is 0. The molecule has 0 bridgehead atoms. The van der Waals surface area contributed by atoms with Crippen molar-refractivity contribution in [2.75, 3.05) is 12.6 Å². The number of phenols is 1. The molecule has 0 saturated heterocycles.